The summed E-state index contributed by atoms with van der Waals surface area (Å²) in [6.07, 6.45) is 1.64. The number of carbonyl (C=O) groups is 2. The normalized spacial score (nSPS) is 15.3. The minimum Gasteiger partial charge on any atom is -0.497 e. The van der Waals surface area contributed by atoms with Crippen LogP contribution in [0.5, 0.6) is 5.75 Å². The highest BCUT2D eigenvalue weighted by molar-refractivity contribution is 8.19. The number of hydrogen-bond donors (Lipinski definition) is 0. The van der Waals surface area contributed by atoms with Crippen molar-refractivity contribution in [2.75, 3.05) is 12.0 Å². The molecule has 7 nitrogen and oxygen atoms in total. The van der Waals surface area contributed by atoms with E-state index < -0.39 is 16.7 Å². The van der Waals surface area contributed by atoms with Crippen LogP contribution in [0, 0.1) is 6.92 Å². The summed E-state index contributed by atoms with van der Waals surface area (Å²) >= 11 is 0.820. The number of rotatable bonds is 4. The molecule has 4 rings (SSSR count). The summed E-state index contributed by atoms with van der Waals surface area (Å²) in [5.41, 5.74) is 1.58. The maximum atomic E-state index is 13.2. The van der Waals surface area contributed by atoms with Gasteiger partial charge >= 0.3 is 0 Å². The van der Waals surface area contributed by atoms with Crippen LogP contribution in [0.3, 0.4) is 0 Å². The van der Waals surface area contributed by atoms with E-state index in [1.165, 1.54) is 4.68 Å². The second-order valence-corrected chi connectivity index (χ2v) is 7.69. The highest BCUT2D eigenvalue weighted by atomic mass is 32.2. The average Bonchev–Trinajstić information content (AvgIpc) is 3.14. The van der Waals surface area contributed by atoms with Crippen LogP contribution in [0.4, 0.5) is 10.5 Å². The average molecular weight is 421 g/mol. The molecule has 0 unspecified atom stereocenters. The molecule has 0 saturated carbocycles. The number of amides is 2. The molecule has 1 aromatic heterocycles. The van der Waals surface area contributed by atoms with Crippen molar-refractivity contribution < 1.29 is 14.3 Å². The van der Waals surface area contributed by atoms with Crippen molar-refractivity contribution in [3.8, 4) is 11.4 Å². The van der Waals surface area contributed by atoms with Crippen molar-refractivity contribution in [3.63, 3.8) is 0 Å². The Morgan fingerprint density at radius 3 is 2.27 bits per heavy atom. The zero-order chi connectivity index (χ0) is 21.4. The molecule has 1 saturated heterocycles. The van der Waals surface area contributed by atoms with Crippen LogP contribution in [-0.2, 0) is 11.8 Å². The predicted octanol–water partition coefficient (Wildman–Crippen LogP) is 3.73. The molecule has 2 aromatic carbocycles. The van der Waals surface area contributed by atoms with E-state index in [9.17, 15) is 14.4 Å². The SMILES string of the molecule is COc1ccc(C=C2SC(=O)N(c3c(C)n(C)n(-c4ccccc4)c3=O)C2=O)cc1. The van der Waals surface area contributed by atoms with Crippen LogP contribution in [0.1, 0.15) is 11.3 Å². The number of hydrogen-bond acceptors (Lipinski definition) is 5. The maximum Gasteiger partial charge on any atom is 0.298 e. The Kier molecular flexibility index (Phi) is 5.09. The Bertz CT molecular complexity index is 1220. The van der Waals surface area contributed by atoms with Gasteiger partial charge in [0.25, 0.3) is 16.7 Å². The van der Waals surface area contributed by atoms with Crippen molar-refractivity contribution >= 4 is 34.7 Å². The topological polar surface area (TPSA) is 73.5 Å². The lowest BCUT2D eigenvalue weighted by atomic mass is 10.2. The van der Waals surface area contributed by atoms with Gasteiger partial charge in [0.1, 0.15) is 11.4 Å². The van der Waals surface area contributed by atoms with E-state index in [0.717, 1.165) is 22.2 Å². The fourth-order valence-corrected chi connectivity index (χ4v) is 4.15. The number of benzene rings is 2. The lowest BCUT2D eigenvalue weighted by Crippen LogP contribution is -2.33. The van der Waals surface area contributed by atoms with Crippen LogP contribution in [0.25, 0.3) is 11.8 Å². The summed E-state index contributed by atoms with van der Waals surface area (Å²) in [6, 6.07) is 16.2. The van der Waals surface area contributed by atoms with Gasteiger partial charge in [-0.05, 0) is 54.6 Å². The fraction of sp³-hybridized carbons (Fsp3) is 0.136. The molecule has 1 aliphatic rings. The quantitative estimate of drug-likeness (QED) is 0.600. The molecule has 0 bridgehead atoms. The second kappa shape index (κ2) is 7.72. The summed E-state index contributed by atoms with van der Waals surface area (Å²) in [6.45, 7) is 1.71. The Morgan fingerprint density at radius 2 is 1.63 bits per heavy atom. The third kappa shape index (κ3) is 3.25. The first-order valence-electron chi connectivity index (χ1n) is 9.18. The summed E-state index contributed by atoms with van der Waals surface area (Å²) < 4.78 is 8.22. The number of ether oxygens (including phenoxy) is 1. The van der Waals surface area contributed by atoms with Crippen molar-refractivity contribution in [2.24, 2.45) is 7.05 Å². The monoisotopic (exact) mass is 421 g/mol. The molecule has 0 radical (unpaired) electrons. The zero-order valence-electron chi connectivity index (χ0n) is 16.7. The largest absolute Gasteiger partial charge is 0.497 e. The molecule has 152 valence electrons. The minimum absolute atomic E-state index is 0.0713. The zero-order valence-corrected chi connectivity index (χ0v) is 17.5. The standard InChI is InChI=1S/C22H19N3O4S/c1-14-19(21(27)25(23(14)2)16-7-5-4-6-8-16)24-20(26)18(30-22(24)28)13-15-9-11-17(29-3)12-10-15/h4-13H,1-3H3. The van der Waals surface area contributed by atoms with E-state index in [1.807, 2.05) is 18.2 Å². The number of imide groups is 1. The van der Waals surface area contributed by atoms with Gasteiger partial charge in [-0.1, -0.05) is 30.3 Å². The third-order valence-electron chi connectivity index (χ3n) is 4.95. The number of thioether (sulfide) groups is 1. The number of nitrogens with zero attached hydrogens (tertiary/aromatic N) is 3. The summed E-state index contributed by atoms with van der Waals surface area (Å²) in [4.78, 5) is 40.1. The van der Waals surface area contributed by atoms with Gasteiger partial charge < -0.3 is 4.74 Å². The molecule has 2 amide bonds. The van der Waals surface area contributed by atoms with E-state index in [1.54, 1.807) is 68.2 Å². The summed E-state index contributed by atoms with van der Waals surface area (Å²) in [5.74, 6) is 0.188. The molecule has 1 aliphatic heterocycles. The first-order valence-corrected chi connectivity index (χ1v) is 10.00. The maximum absolute atomic E-state index is 13.2. The van der Waals surface area contributed by atoms with E-state index >= 15 is 0 Å². The smallest absolute Gasteiger partial charge is 0.298 e. The van der Waals surface area contributed by atoms with Crippen LogP contribution in [-0.4, -0.2) is 27.6 Å². The lowest BCUT2D eigenvalue weighted by Gasteiger charge is -2.10. The van der Waals surface area contributed by atoms with Crippen LogP contribution >= 0.6 is 11.8 Å². The van der Waals surface area contributed by atoms with Crippen molar-refractivity contribution in [1.29, 1.82) is 0 Å². The number of aromatic nitrogens is 2. The summed E-state index contributed by atoms with van der Waals surface area (Å²) in [7, 11) is 3.30. The van der Waals surface area contributed by atoms with Gasteiger partial charge in [0.05, 0.1) is 23.4 Å². The Balaban J connectivity index is 1.75. The molecule has 0 atom stereocenters. The molecule has 8 heteroatoms. The van der Waals surface area contributed by atoms with Gasteiger partial charge in [0.15, 0.2) is 0 Å². The van der Waals surface area contributed by atoms with Crippen molar-refractivity contribution in [3.05, 3.63) is 81.1 Å². The highest BCUT2D eigenvalue weighted by Crippen LogP contribution is 2.36. The molecule has 0 spiro atoms. The predicted molar refractivity (Wildman–Crippen MR) is 117 cm³/mol. The third-order valence-corrected chi connectivity index (χ3v) is 5.82. The van der Waals surface area contributed by atoms with Gasteiger partial charge in [-0.15, -0.1) is 0 Å². The van der Waals surface area contributed by atoms with Gasteiger partial charge in [0.2, 0.25) is 0 Å². The van der Waals surface area contributed by atoms with Crippen LogP contribution in [0.15, 0.2) is 64.3 Å². The van der Waals surface area contributed by atoms with Gasteiger partial charge in [-0.3, -0.25) is 19.1 Å². The molecule has 0 aliphatic carbocycles. The summed E-state index contributed by atoms with van der Waals surface area (Å²) in [5, 5.41) is -0.495. The van der Waals surface area contributed by atoms with Crippen molar-refractivity contribution in [2.45, 2.75) is 6.92 Å². The molecule has 1 fully saturated rings. The van der Waals surface area contributed by atoms with E-state index in [2.05, 4.69) is 0 Å². The number of para-hydroxylation sites is 1. The Morgan fingerprint density at radius 1 is 0.967 bits per heavy atom. The molecular formula is C22H19N3O4S. The van der Waals surface area contributed by atoms with Gasteiger partial charge in [-0.25, -0.2) is 9.58 Å². The minimum atomic E-state index is -0.508. The molecule has 2 heterocycles. The van der Waals surface area contributed by atoms with E-state index in [4.69, 9.17) is 4.74 Å². The van der Waals surface area contributed by atoms with Crippen LogP contribution in [0.2, 0.25) is 0 Å². The molecule has 3 aromatic rings. The lowest BCUT2D eigenvalue weighted by molar-refractivity contribution is -0.113. The van der Waals surface area contributed by atoms with Crippen molar-refractivity contribution in [1.82, 2.24) is 9.36 Å². The highest BCUT2D eigenvalue weighted by Gasteiger charge is 2.40. The second-order valence-electron chi connectivity index (χ2n) is 6.70. The number of methoxy groups -OCH3 is 1. The first-order chi connectivity index (χ1) is 14.4. The molecular weight excluding hydrogens is 402 g/mol. The molecule has 0 N–H and O–H groups in total. The fourth-order valence-electron chi connectivity index (χ4n) is 3.32. The Hall–Kier alpha value is -3.52. The molecule has 30 heavy (non-hydrogen) atoms. The number of anilines is 1. The first kappa shape index (κ1) is 19.8. The number of carbonyl (C=O) groups excluding carboxylic acids is 2. The van der Waals surface area contributed by atoms with E-state index in [-0.39, 0.29) is 10.6 Å². The Labute approximate surface area is 177 Å². The van der Waals surface area contributed by atoms with E-state index in [0.29, 0.717) is 17.1 Å². The van der Waals surface area contributed by atoms with Crippen LogP contribution < -0.4 is 15.2 Å². The van der Waals surface area contributed by atoms with Gasteiger partial charge in [0, 0.05) is 7.05 Å². The van der Waals surface area contributed by atoms with Gasteiger partial charge in [-0.2, -0.15) is 0 Å².